The highest BCUT2D eigenvalue weighted by Crippen LogP contribution is 2.35. The average Bonchev–Trinajstić information content (AvgIpc) is 3.06. The molecular formula is C25H26N2O2. The molecule has 1 aliphatic rings. The first-order chi connectivity index (χ1) is 13.9. The molecule has 0 atom stereocenters. The van der Waals surface area contributed by atoms with Crippen LogP contribution in [0.1, 0.15) is 47.8 Å². The molecule has 4 rings (SSSR count). The van der Waals surface area contributed by atoms with E-state index in [-0.39, 0.29) is 11.3 Å². The summed E-state index contributed by atoms with van der Waals surface area (Å²) in [7, 11) is 0. The highest BCUT2D eigenvalue weighted by atomic mass is 16.5. The Hall–Kier alpha value is -3.14. The van der Waals surface area contributed by atoms with Gasteiger partial charge in [0.05, 0.1) is 18.7 Å². The van der Waals surface area contributed by atoms with Crippen molar-refractivity contribution in [2.24, 2.45) is 0 Å². The van der Waals surface area contributed by atoms with Crippen LogP contribution in [0.2, 0.25) is 0 Å². The van der Waals surface area contributed by atoms with E-state index in [2.05, 4.69) is 37.9 Å². The molecule has 1 aromatic heterocycles. The zero-order chi connectivity index (χ0) is 20.4. The Morgan fingerprint density at radius 1 is 1.00 bits per heavy atom. The number of hydrogen-bond donors (Lipinski definition) is 0. The molecule has 1 aliphatic heterocycles. The summed E-state index contributed by atoms with van der Waals surface area (Å²) in [4.78, 5) is 19.0. The van der Waals surface area contributed by atoms with E-state index in [9.17, 15) is 4.79 Å². The summed E-state index contributed by atoms with van der Waals surface area (Å²) in [5.74, 6) is 0.665. The van der Waals surface area contributed by atoms with Crippen LogP contribution in [-0.4, -0.2) is 17.5 Å². The number of anilines is 1. The summed E-state index contributed by atoms with van der Waals surface area (Å²) in [6.45, 7) is 7.66. The maximum atomic E-state index is 13.2. The molecule has 3 aromatic rings. The summed E-state index contributed by atoms with van der Waals surface area (Å²) < 4.78 is 6.00. The highest BCUT2D eigenvalue weighted by Gasteiger charge is 2.31. The van der Waals surface area contributed by atoms with Gasteiger partial charge in [-0.2, -0.15) is 0 Å². The lowest BCUT2D eigenvalue weighted by Crippen LogP contribution is -2.23. The van der Waals surface area contributed by atoms with Gasteiger partial charge in [0, 0.05) is 24.5 Å². The number of carbonyl (C=O) groups excluding carboxylic acids is 1. The van der Waals surface area contributed by atoms with E-state index in [4.69, 9.17) is 4.74 Å². The number of aromatic nitrogens is 1. The molecule has 0 saturated heterocycles. The first-order valence-electron chi connectivity index (χ1n) is 9.99. The van der Waals surface area contributed by atoms with Crippen LogP contribution < -0.4 is 9.64 Å². The van der Waals surface area contributed by atoms with E-state index in [0.717, 1.165) is 17.7 Å². The third kappa shape index (κ3) is 4.02. The van der Waals surface area contributed by atoms with Gasteiger partial charge in [-0.15, -0.1) is 0 Å². The molecule has 0 N–H and O–H groups in total. The molecule has 1 amide bonds. The second kappa shape index (κ2) is 7.70. The number of carbonyl (C=O) groups is 1. The smallest absolute Gasteiger partial charge is 0.262 e. The van der Waals surface area contributed by atoms with E-state index in [1.807, 2.05) is 47.4 Å². The molecule has 0 saturated carbocycles. The summed E-state index contributed by atoms with van der Waals surface area (Å²) in [5, 5.41) is 0. The van der Waals surface area contributed by atoms with Crippen LogP contribution in [0.5, 0.6) is 5.75 Å². The molecule has 0 radical (unpaired) electrons. The molecule has 4 nitrogen and oxygen atoms in total. The molecule has 0 unspecified atom stereocenters. The molecule has 148 valence electrons. The number of pyridine rings is 1. The van der Waals surface area contributed by atoms with Crippen molar-refractivity contribution in [1.29, 1.82) is 0 Å². The number of benzene rings is 2. The molecule has 2 heterocycles. The third-order valence-electron chi connectivity index (χ3n) is 5.34. The van der Waals surface area contributed by atoms with E-state index in [1.165, 1.54) is 11.1 Å². The highest BCUT2D eigenvalue weighted by molar-refractivity contribution is 6.11. The number of nitrogens with zero attached hydrogens (tertiary/aromatic N) is 2. The van der Waals surface area contributed by atoms with Gasteiger partial charge in [0.25, 0.3) is 5.91 Å². The van der Waals surface area contributed by atoms with Gasteiger partial charge in [-0.3, -0.25) is 9.78 Å². The van der Waals surface area contributed by atoms with Crippen molar-refractivity contribution < 1.29 is 9.53 Å². The predicted molar refractivity (Wildman–Crippen MR) is 116 cm³/mol. The van der Waals surface area contributed by atoms with Crippen LogP contribution in [0.3, 0.4) is 0 Å². The van der Waals surface area contributed by atoms with E-state index in [0.29, 0.717) is 24.5 Å². The van der Waals surface area contributed by atoms with Crippen LogP contribution >= 0.6 is 0 Å². The van der Waals surface area contributed by atoms with E-state index >= 15 is 0 Å². The number of hydrogen-bond acceptors (Lipinski definition) is 3. The SMILES string of the molecule is CC(C)(C)c1ccc(N2Cc3cccc(OCCc4ccncc4)c3C2=O)cc1. The summed E-state index contributed by atoms with van der Waals surface area (Å²) in [6.07, 6.45) is 4.34. The Bertz CT molecular complexity index is 1010. The fourth-order valence-electron chi connectivity index (χ4n) is 3.63. The minimum Gasteiger partial charge on any atom is -0.492 e. The first-order valence-corrected chi connectivity index (χ1v) is 9.99. The number of ether oxygens (including phenoxy) is 1. The largest absolute Gasteiger partial charge is 0.492 e. The van der Waals surface area contributed by atoms with Gasteiger partial charge >= 0.3 is 0 Å². The first kappa shape index (κ1) is 19.2. The van der Waals surface area contributed by atoms with Crippen molar-refractivity contribution in [3.63, 3.8) is 0 Å². The fourth-order valence-corrected chi connectivity index (χ4v) is 3.63. The Labute approximate surface area is 172 Å². The van der Waals surface area contributed by atoms with E-state index in [1.54, 1.807) is 12.4 Å². The lowest BCUT2D eigenvalue weighted by molar-refractivity contribution is 0.0993. The van der Waals surface area contributed by atoms with Crippen molar-refractivity contribution in [3.8, 4) is 5.75 Å². The molecule has 0 bridgehead atoms. The van der Waals surface area contributed by atoms with Crippen molar-refractivity contribution in [3.05, 3.63) is 89.2 Å². The van der Waals surface area contributed by atoms with Gasteiger partial charge in [-0.25, -0.2) is 0 Å². The predicted octanol–water partition coefficient (Wildman–Crippen LogP) is 5.16. The van der Waals surface area contributed by atoms with Gasteiger partial charge in [-0.1, -0.05) is 45.0 Å². The van der Waals surface area contributed by atoms with Gasteiger partial charge in [-0.05, 0) is 52.4 Å². The van der Waals surface area contributed by atoms with Crippen LogP contribution in [0, 0.1) is 0 Å². The monoisotopic (exact) mass is 386 g/mol. The Balaban J connectivity index is 1.50. The van der Waals surface area contributed by atoms with Gasteiger partial charge in [0.1, 0.15) is 5.75 Å². The molecule has 2 aromatic carbocycles. The maximum absolute atomic E-state index is 13.2. The second-order valence-corrected chi connectivity index (χ2v) is 8.43. The average molecular weight is 386 g/mol. The lowest BCUT2D eigenvalue weighted by atomic mass is 9.87. The second-order valence-electron chi connectivity index (χ2n) is 8.43. The van der Waals surface area contributed by atoms with Gasteiger partial charge in [0.15, 0.2) is 0 Å². The molecule has 4 heteroatoms. The van der Waals surface area contributed by atoms with Crippen molar-refractivity contribution in [2.45, 2.75) is 39.2 Å². The van der Waals surface area contributed by atoms with Crippen LogP contribution in [0.25, 0.3) is 0 Å². The number of fused-ring (bicyclic) bond motifs is 1. The van der Waals surface area contributed by atoms with Crippen molar-refractivity contribution in [2.75, 3.05) is 11.5 Å². The van der Waals surface area contributed by atoms with Crippen molar-refractivity contribution in [1.82, 2.24) is 4.98 Å². The summed E-state index contributed by atoms with van der Waals surface area (Å²) >= 11 is 0. The van der Waals surface area contributed by atoms with Crippen molar-refractivity contribution >= 4 is 11.6 Å². The normalized spacial score (nSPS) is 13.5. The zero-order valence-electron chi connectivity index (χ0n) is 17.2. The quantitative estimate of drug-likeness (QED) is 0.608. The lowest BCUT2D eigenvalue weighted by Gasteiger charge is -2.21. The fraction of sp³-hybridized carbons (Fsp3) is 0.280. The Kier molecular flexibility index (Phi) is 5.10. The minimum absolute atomic E-state index is 0.00280. The standard InChI is InChI=1S/C25H26N2O2/c1-25(2,3)20-7-9-21(10-8-20)27-17-19-5-4-6-22(23(19)24(27)28)29-16-13-18-11-14-26-15-12-18/h4-12,14-15H,13,16-17H2,1-3H3. The van der Waals surface area contributed by atoms with Crippen LogP contribution in [0.15, 0.2) is 67.0 Å². The molecule has 29 heavy (non-hydrogen) atoms. The molecule has 0 spiro atoms. The zero-order valence-corrected chi connectivity index (χ0v) is 17.2. The topological polar surface area (TPSA) is 42.4 Å². The molecule has 0 fully saturated rings. The molecule has 0 aliphatic carbocycles. The van der Waals surface area contributed by atoms with Gasteiger partial charge < -0.3 is 9.64 Å². The third-order valence-corrected chi connectivity index (χ3v) is 5.34. The summed E-state index contributed by atoms with van der Waals surface area (Å²) in [5.41, 5.74) is 5.12. The number of rotatable bonds is 5. The molecular weight excluding hydrogens is 360 g/mol. The Morgan fingerprint density at radius 2 is 1.72 bits per heavy atom. The summed E-state index contributed by atoms with van der Waals surface area (Å²) in [6, 6.07) is 18.1. The van der Waals surface area contributed by atoms with Crippen LogP contribution in [-0.2, 0) is 18.4 Å². The Morgan fingerprint density at radius 3 is 2.41 bits per heavy atom. The number of amides is 1. The minimum atomic E-state index is 0.00280. The van der Waals surface area contributed by atoms with E-state index < -0.39 is 0 Å². The van der Waals surface area contributed by atoms with Crippen LogP contribution in [0.4, 0.5) is 5.69 Å². The van der Waals surface area contributed by atoms with Gasteiger partial charge in [0.2, 0.25) is 0 Å². The maximum Gasteiger partial charge on any atom is 0.262 e.